The van der Waals surface area contributed by atoms with Gasteiger partial charge in [-0.1, -0.05) is 19.1 Å². The van der Waals surface area contributed by atoms with Crippen LogP contribution in [0.3, 0.4) is 0 Å². The Morgan fingerprint density at radius 3 is 3.00 bits per heavy atom. The molecule has 0 spiro atoms. The largest absolute Gasteiger partial charge is 0.311 e. The first kappa shape index (κ1) is 11.4. The number of halogens is 1. The zero-order chi connectivity index (χ0) is 12.5. The summed E-state index contributed by atoms with van der Waals surface area (Å²) >= 11 is 0. The molecule has 3 nitrogen and oxygen atoms in total. The zero-order valence-corrected chi connectivity index (χ0v) is 10.4. The molecule has 1 aromatic heterocycles. The number of hydrogen-bond donors (Lipinski definition) is 1. The average Bonchev–Trinajstić information content (AvgIpc) is 2.78. The number of hydrogen-bond acceptors (Lipinski definition) is 2. The lowest BCUT2D eigenvalue weighted by molar-refractivity contribution is 0.598. The second kappa shape index (κ2) is 4.53. The van der Waals surface area contributed by atoms with E-state index < -0.39 is 0 Å². The molecule has 94 valence electrons. The second-order valence-corrected chi connectivity index (χ2v) is 4.49. The van der Waals surface area contributed by atoms with Gasteiger partial charge in [-0.3, -0.25) is 4.57 Å². The number of nitrogens with one attached hydrogen (secondary N) is 1. The van der Waals surface area contributed by atoms with E-state index in [0.717, 1.165) is 43.1 Å². The van der Waals surface area contributed by atoms with E-state index in [2.05, 4.69) is 17.2 Å². The van der Waals surface area contributed by atoms with Crippen molar-refractivity contribution in [3.8, 4) is 5.69 Å². The normalized spacial score (nSPS) is 14.6. The van der Waals surface area contributed by atoms with Gasteiger partial charge >= 0.3 is 0 Å². The SMILES string of the molecule is CCc1nc2c(n1-c1ccccc1F)CCNC2. The van der Waals surface area contributed by atoms with Gasteiger partial charge in [0.25, 0.3) is 0 Å². The highest BCUT2D eigenvalue weighted by molar-refractivity contribution is 5.39. The van der Waals surface area contributed by atoms with Gasteiger partial charge in [-0.05, 0) is 12.1 Å². The second-order valence-electron chi connectivity index (χ2n) is 4.49. The van der Waals surface area contributed by atoms with Crippen LogP contribution in [-0.2, 0) is 19.4 Å². The molecule has 2 heterocycles. The van der Waals surface area contributed by atoms with Crippen LogP contribution in [0.1, 0.15) is 24.1 Å². The molecule has 0 amide bonds. The molecule has 0 saturated carbocycles. The first-order chi connectivity index (χ1) is 8.81. The van der Waals surface area contributed by atoms with Gasteiger partial charge in [0.15, 0.2) is 0 Å². The van der Waals surface area contributed by atoms with Crippen molar-refractivity contribution in [2.45, 2.75) is 26.3 Å². The van der Waals surface area contributed by atoms with Gasteiger partial charge in [-0.25, -0.2) is 9.37 Å². The Hall–Kier alpha value is -1.68. The summed E-state index contributed by atoms with van der Waals surface area (Å²) in [6.45, 7) is 3.76. The number of para-hydroxylation sites is 1. The van der Waals surface area contributed by atoms with Gasteiger partial charge in [-0.15, -0.1) is 0 Å². The molecule has 0 bridgehead atoms. The zero-order valence-electron chi connectivity index (χ0n) is 10.4. The van der Waals surface area contributed by atoms with Crippen LogP contribution in [0.5, 0.6) is 0 Å². The van der Waals surface area contributed by atoms with Crippen molar-refractivity contribution in [1.29, 1.82) is 0 Å². The number of benzene rings is 1. The Balaban J connectivity index is 2.21. The molecular formula is C14H16FN3. The maximum absolute atomic E-state index is 14.0. The monoisotopic (exact) mass is 245 g/mol. The van der Waals surface area contributed by atoms with Gasteiger partial charge in [0.2, 0.25) is 0 Å². The van der Waals surface area contributed by atoms with Crippen LogP contribution in [-0.4, -0.2) is 16.1 Å². The van der Waals surface area contributed by atoms with E-state index >= 15 is 0 Å². The predicted octanol–water partition coefficient (Wildman–Crippen LogP) is 2.22. The average molecular weight is 245 g/mol. The van der Waals surface area contributed by atoms with E-state index in [9.17, 15) is 4.39 Å². The summed E-state index contributed by atoms with van der Waals surface area (Å²) in [5.74, 6) is 0.750. The molecule has 0 radical (unpaired) electrons. The van der Waals surface area contributed by atoms with E-state index in [-0.39, 0.29) is 5.82 Å². The standard InChI is InChI=1S/C14H16FN3/c1-2-14-17-11-9-16-8-7-13(11)18(14)12-6-4-3-5-10(12)15/h3-6,16H,2,7-9H2,1H3. The molecule has 3 rings (SSSR count). The summed E-state index contributed by atoms with van der Waals surface area (Å²) in [6, 6.07) is 6.90. The molecule has 4 heteroatoms. The van der Waals surface area contributed by atoms with Crippen molar-refractivity contribution in [1.82, 2.24) is 14.9 Å². The minimum absolute atomic E-state index is 0.189. The first-order valence-electron chi connectivity index (χ1n) is 6.36. The lowest BCUT2D eigenvalue weighted by atomic mass is 10.1. The molecule has 0 aliphatic carbocycles. The molecule has 2 aromatic rings. The highest BCUT2D eigenvalue weighted by atomic mass is 19.1. The fourth-order valence-corrected chi connectivity index (χ4v) is 2.52. The smallest absolute Gasteiger partial charge is 0.147 e. The molecule has 1 aromatic carbocycles. The van der Waals surface area contributed by atoms with Crippen molar-refractivity contribution in [3.63, 3.8) is 0 Å². The van der Waals surface area contributed by atoms with Gasteiger partial charge in [0.1, 0.15) is 11.6 Å². The van der Waals surface area contributed by atoms with Gasteiger partial charge in [0, 0.05) is 31.6 Å². The highest BCUT2D eigenvalue weighted by Crippen LogP contribution is 2.23. The Bertz CT molecular complexity index is 574. The van der Waals surface area contributed by atoms with Crippen molar-refractivity contribution < 1.29 is 4.39 Å². The fourth-order valence-electron chi connectivity index (χ4n) is 2.52. The Morgan fingerprint density at radius 1 is 1.39 bits per heavy atom. The Morgan fingerprint density at radius 2 is 2.22 bits per heavy atom. The van der Waals surface area contributed by atoms with Gasteiger partial charge < -0.3 is 5.32 Å². The molecular weight excluding hydrogens is 229 g/mol. The summed E-state index contributed by atoms with van der Waals surface area (Å²) in [5.41, 5.74) is 2.82. The Kier molecular flexibility index (Phi) is 2.88. The molecule has 0 atom stereocenters. The third kappa shape index (κ3) is 1.73. The molecule has 0 saturated heterocycles. The van der Waals surface area contributed by atoms with Crippen molar-refractivity contribution in [3.05, 3.63) is 47.3 Å². The number of fused-ring (bicyclic) bond motifs is 1. The minimum atomic E-state index is -0.189. The van der Waals surface area contributed by atoms with Crippen molar-refractivity contribution >= 4 is 0 Å². The molecule has 1 aliphatic heterocycles. The minimum Gasteiger partial charge on any atom is -0.311 e. The lowest BCUT2D eigenvalue weighted by Crippen LogP contribution is -2.25. The van der Waals surface area contributed by atoms with Gasteiger partial charge in [0.05, 0.1) is 11.4 Å². The summed E-state index contributed by atoms with van der Waals surface area (Å²) in [6.07, 6.45) is 1.71. The van der Waals surface area contributed by atoms with Crippen molar-refractivity contribution in [2.75, 3.05) is 6.54 Å². The number of aryl methyl sites for hydroxylation is 1. The summed E-state index contributed by atoms with van der Waals surface area (Å²) in [5, 5.41) is 3.30. The van der Waals surface area contributed by atoms with E-state index in [0.29, 0.717) is 5.69 Å². The Labute approximate surface area is 106 Å². The maximum atomic E-state index is 14.0. The lowest BCUT2D eigenvalue weighted by Gasteiger charge is -2.16. The number of imidazole rings is 1. The van der Waals surface area contributed by atoms with Crippen LogP contribution < -0.4 is 5.32 Å². The first-order valence-corrected chi connectivity index (χ1v) is 6.36. The highest BCUT2D eigenvalue weighted by Gasteiger charge is 2.21. The van der Waals surface area contributed by atoms with Crippen LogP contribution >= 0.6 is 0 Å². The van der Waals surface area contributed by atoms with E-state index in [1.165, 1.54) is 6.07 Å². The molecule has 18 heavy (non-hydrogen) atoms. The van der Waals surface area contributed by atoms with Crippen LogP contribution in [0.25, 0.3) is 5.69 Å². The van der Waals surface area contributed by atoms with E-state index in [4.69, 9.17) is 0 Å². The van der Waals surface area contributed by atoms with Crippen LogP contribution in [0, 0.1) is 5.82 Å². The van der Waals surface area contributed by atoms with Crippen molar-refractivity contribution in [2.24, 2.45) is 0 Å². The van der Waals surface area contributed by atoms with Crippen LogP contribution in [0.4, 0.5) is 4.39 Å². The fraction of sp³-hybridized carbons (Fsp3) is 0.357. The van der Waals surface area contributed by atoms with Crippen LogP contribution in [0.15, 0.2) is 24.3 Å². The summed E-state index contributed by atoms with van der Waals surface area (Å²) < 4.78 is 16.0. The number of nitrogens with zero attached hydrogens (tertiary/aromatic N) is 2. The third-order valence-corrected chi connectivity index (χ3v) is 3.37. The van der Waals surface area contributed by atoms with E-state index in [1.54, 1.807) is 6.07 Å². The molecule has 1 N–H and O–H groups in total. The molecule has 1 aliphatic rings. The maximum Gasteiger partial charge on any atom is 0.147 e. The summed E-state index contributed by atoms with van der Waals surface area (Å²) in [4.78, 5) is 4.62. The van der Waals surface area contributed by atoms with E-state index in [1.807, 2.05) is 16.7 Å². The summed E-state index contributed by atoms with van der Waals surface area (Å²) in [7, 11) is 0. The third-order valence-electron chi connectivity index (χ3n) is 3.37. The molecule has 0 fully saturated rings. The molecule has 0 unspecified atom stereocenters. The predicted molar refractivity (Wildman–Crippen MR) is 68.3 cm³/mol. The number of aromatic nitrogens is 2. The topological polar surface area (TPSA) is 29.9 Å². The van der Waals surface area contributed by atoms with Crippen LogP contribution in [0.2, 0.25) is 0 Å². The van der Waals surface area contributed by atoms with Gasteiger partial charge in [-0.2, -0.15) is 0 Å². The number of rotatable bonds is 2. The quantitative estimate of drug-likeness (QED) is 0.879.